The highest BCUT2D eigenvalue weighted by Gasteiger charge is 2.16. The number of benzene rings is 1. The molecular weight excluding hydrogens is 298 g/mol. The van der Waals surface area contributed by atoms with E-state index in [4.69, 9.17) is 4.74 Å². The van der Waals surface area contributed by atoms with Crippen LogP contribution in [0.15, 0.2) is 42.9 Å². The van der Waals surface area contributed by atoms with Gasteiger partial charge < -0.3 is 9.30 Å². The number of aromatic nitrogens is 3. The van der Waals surface area contributed by atoms with Crippen LogP contribution in [0.5, 0.6) is 0 Å². The summed E-state index contributed by atoms with van der Waals surface area (Å²) in [5, 5.41) is 1.17. The van der Waals surface area contributed by atoms with Crippen LogP contribution in [0.1, 0.15) is 24.8 Å². The summed E-state index contributed by atoms with van der Waals surface area (Å²) < 4.78 is 7.89. The standard InChI is InChI=1S/C20H23N3O/c1-15-6-7-18-17(5-2-9-21-18)19(15)20-22-10-12-23(20)11-8-16-4-3-13-24-14-16/h2,5-7,9-10,12,16H,3-4,8,11,13-14H2,1H3. The number of aryl methyl sites for hydroxylation is 2. The van der Waals surface area contributed by atoms with Crippen LogP contribution >= 0.6 is 0 Å². The average Bonchev–Trinajstić information content (AvgIpc) is 3.09. The van der Waals surface area contributed by atoms with Crippen molar-refractivity contribution < 1.29 is 4.74 Å². The van der Waals surface area contributed by atoms with E-state index >= 15 is 0 Å². The van der Waals surface area contributed by atoms with Gasteiger partial charge in [-0.2, -0.15) is 0 Å². The molecule has 124 valence electrons. The van der Waals surface area contributed by atoms with Crippen molar-refractivity contribution in [2.75, 3.05) is 13.2 Å². The summed E-state index contributed by atoms with van der Waals surface area (Å²) in [5.74, 6) is 1.71. The highest BCUT2D eigenvalue weighted by molar-refractivity contribution is 5.94. The van der Waals surface area contributed by atoms with Crippen LogP contribution in [0.2, 0.25) is 0 Å². The zero-order chi connectivity index (χ0) is 16.4. The van der Waals surface area contributed by atoms with E-state index < -0.39 is 0 Å². The van der Waals surface area contributed by atoms with Crippen molar-refractivity contribution in [3.05, 3.63) is 48.4 Å². The largest absolute Gasteiger partial charge is 0.381 e. The van der Waals surface area contributed by atoms with Crippen LogP contribution in [0.25, 0.3) is 22.3 Å². The van der Waals surface area contributed by atoms with Crippen LogP contribution < -0.4 is 0 Å². The number of fused-ring (bicyclic) bond motifs is 1. The highest BCUT2D eigenvalue weighted by Crippen LogP contribution is 2.30. The molecule has 3 heterocycles. The third-order valence-electron chi connectivity index (χ3n) is 4.97. The first kappa shape index (κ1) is 15.3. The molecule has 1 aliphatic rings. The second kappa shape index (κ2) is 6.73. The lowest BCUT2D eigenvalue weighted by Gasteiger charge is -2.22. The van der Waals surface area contributed by atoms with Crippen molar-refractivity contribution in [3.8, 4) is 11.4 Å². The molecule has 0 spiro atoms. The van der Waals surface area contributed by atoms with Gasteiger partial charge in [0.1, 0.15) is 5.82 Å². The lowest BCUT2D eigenvalue weighted by molar-refractivity contribution is 0.0501. The minimum absolute atomic E-state index is 0.671. The number of nitrogens with zero attached hydrogens (tertiary/aromatic N) is 3. The Bertz CT molecular complexity index is 834. The van der Waals surface area contributed by atoms with E-state index in [1.807, 2.05) is 18.5 Å². The van der Waals surface area contributed by atoms with E-state index in [0.29, 0.717) is 5.92 Å². The molecule has 24 heavy (non-hydrogen) atoms. The van der Waals surface area contributed by atoms with Gasteiger partial charge in [-0.15, -0.1) is 0 Å². The summed E-state index contributed by atoms with van der Waals surface area (Å²) in [6.45, 7) is 4.96. The van der Waals surface area contributed by atoms with Crippen molar-refractivity contribution in [2.24, 2.45) is 5.92 Å². The molecule has 1 unspecified atom stereocenters. The summed E-state index contributed by atoms with van der Waals surface area (Å²) in [6.07, 6.45) is 9.45. The van der Waals surface area contributed by atoms with Crippen LogP contribution in [0.3, 0.4) is 0 Å². The number of ether oxygens (including phenoxy) is 1. The third-order valence-corrected chi connectivity index (χ3v) is 4.97. The number of rotatable bonds is 4. The SMILES string of the molecule is Cc1ccc2ncccc2c1-c1nccn1CCC1CCCOC1. The van der Waals surface area contributed by atoms with Gasteiger partial charge in [0.05, 0.1) is 5.52 Å². The maximum Gasteiger partial charge on any atom is 0.140 e. The minimum atomic E-state index is 0.671. The number of hydrogen-bond acceptors (Lipinski definition) is 3. The minimum Gasteiger partial charge on any atom is -0.381 e. The second-order valence-electron chi connectivity index (χ2n) is 6.64. The molecule has 1 atom stereocenters. The fourth-order valence-electron chi connectivity index (χ4n) is 3.63. The van der Waals surface area contributed by atoms with E-state index in [-0.39, 0.29) is 0 Å². The molecular formula is C20H23N3O. The molecule has 4 heteroatoms. The van der Waals surface area contributed by atoms with Gasteiger partial charge >= 0.3 is 0 Å². The Hall–Kier alpha value is -2.20. The molecule has 0 N–H and O–H groups in total. The molecule has 1 aromatic carbocycles. The van der Waals surface area contributed by atoms with Gasteiger partial charge in [-0.05, 0) is 49.8 Å². The highest BCUT2D eigenvalue weighted by atomic mass is 16.5. The summed E-state index contributed by atoms with van der Waals surface area (Å²) in [6, 6.07) is 8.36. The van der Waals surface area contributed by atoms with Gasteiger partial charge in [0.2, 0.25) is 0 Å². The summed E-state index contributed by atoms with van der Waals surface area (Å²) >= 11 is 0. The van der Waals surface area contributed by atoms with Crippen molar-refractivity contribution in [1.29, 1.82) is 0 Å². The molecule has 4 nitrogen and oxygen atoms in total. The molecule has 3 aromatic rings. The third kappa shape index (κ3) is 2.94. The Labute approximate surface area is 142 Å². The van der Waals surface area contributed by atoms with Gasteiger partial charge in [0, 0.05) is 49.3 Å². The van der Waals surface area contributed by atoms with Crippen molar-refractivity contribution in [2.45, 2.75) is 32.7 Å². The molecule has 0 aliphatic carbocycles. The Balaban J connectivity index is 1.66. The zero-order valence-corrected chi connectivity index (χ0v) is 14.1. The second-order valence-corrected chi connectivity index (χ2v) is 6.64. The van der Waals surface area contributed by atoms with Crippen LogP contribution in [0.4, 0.5) is 0 Å². The molecule has 1 aliphatic heterocycles. The smallest absolute Gasteiger partial charge is 0.140 e. The summed E-state index contributed by atoms with van der Waals surface area (Å²) in [7, 11) is 0. The maximum atomic E-state index is 5.61. The van der Waals surface area contributed by atoms with Crippen molar-refractivity contribution >= 4 is 10.9 Å². The Morgan fingerprint density at radius 1 is 1.21 bits per heavy atom. The fraction of sp³-hybridized carbons (Fsp3) is 0.400. The lowest BCUT2D eigenvalue weighted by Crippen LogP contribution is -2.19. The van der Waals surface area contributed by atoms with Crippen LogP contribution in [-0.2, 0) is 11.3 Å². The molecule has 0 saturated carbocycles. The number of imidazole rings is 1. The lowest BCUT2D eigenvalue weighted by atomic mass is 9.98. The van der Waals surface area contributed by atoms with E-state index in [1.54, 1.807) is 0 Å². The zero-order valence-electron chi connectivity index (χ0n) is 14.1. The maximum absolute atomic E-state index is 5.61. The molecule has 1 saturated heterocycles. The molecule has 4 rings (SSSR count). The molecule has 1 fully saturated rings. The van der Waals surface area contributed by atoms with E-state index in [2.05, 4.69) is 45.9 Å². The predicted molar refractivity (Wildman–Crippen MR) is 95.9 cm³/mol. The monoisotopic (exact) mass is 321 g/mol. The fourth-order valence-corrected chi connectivity index (χ4v) is 3.63. The van der Waals surface area contributed by atoms with E-state index in [1.165, 1.54) is 29.4 Å². The van der Waals surface area contributed by atoms with Gasteiger partial charge in [-0.1, -0.05) is 12.1 Å². The van der Waals surface area contributed by atoms with E-state index in [0.717, 1.165) is 37.5 Å². The van der Waals surface area contributed by atoms with Crippen molar-refractivity contribution in [1.82, 2.24) is 14.5 Å². The number of hydrogen-bond donors (Lipinski definition) is 0. The average molecular weight is 321 g/mol. The van der Waals surface area contributed by atoms with Gasteiger partial charge in [-0.3, -0.25) is 4.98 Å². The number of pyridine rings is 1. The Kier molecular flexibility index (Phi) is 4.30. The topological polar surface area (TPSA) is 39.9 Å². The first-order valence-corrected chi connectivity index (χ1v) is 8.76. The quantitative estimate of drug-likeness (QED) is 0.722. The first-order valence-electron chi connectivity index (χ1n) is 8.76. The summed E-state index contributed by atoms with van der Waals surface area (Å²) in [5.41, 5.74) is 3.46. The molecule has 0 radical (unpaired) electrons. The van der Waals surface area contributed by atoms with Crippen LogP contribution in [0, 0.1) is 12.8 Å². The van der Waals surface area contributed by atoms with Crippen molar-refractivity contribution in [3.63, 3.8) is 0 Å². The van der Waals surface area contributed by atoms with Crippen LogP contribution in [-0.4, -0.2) is 27.7 Å². The Morgan fingerprint density at radius 2 is 2.17 bits per heavy atom. The van der Waals surface area contributed by atoms with E-state index in [9.17, 15) is 0 Å². The normalized spacial score (nSPS) is 18.1. The summed E-state index contributed by atoms with van der Waals surface area (Å²) in [4.78, 5) is 9.15. The Morgan fingerprint density at radius 3 is 3.04 bits per heavy atom. The predicted octanol–water partition coefficient (Wildman–Crippen LogP) is 4.22. The molecule has 0 amide bonds. The van der Waals surface area contributed by atoms with Gasteiger partial charge in [0.15, 0.2) is 0 Å². The molecule has 0 bridgehead atoms. The first-order chi connectivity index (χ1) is 11.8. The van der Waals surface area contributed by atoms with Gasteiger partial charge in [-0.25, -0.2) is 4.98 Å². The van der Waals surface area contributed by atoms with Gasteiger partial charge in [0.25, 0.3) is 0 Å². The molecule has 2 aromatic heterocycles.